The summed E-state index contributed by atoms with van der Waals surface area (Å²) in [5.41, 5.74) is 0. The third-order valence-corrected chi connectivity index (χ3v) is 4.62. The average molecular weight is 224 g/mol. The summed E-state index contributed by atoms with van der Waals surface area (Å²) >= 11 is 0. The van der Waals surface area contributed by atoms with E-state index in [1.807, 2.05) is 7.11 Å². The molecule has 1 saturated heterocycles. The first-order valence-corrected chi connectivity index (χ1v) is 6.88. The van der Waals surface area contributed by atoms with E-state index in [4.69, 9.17) is 4.74 Å². The zero-order chi connectivity index (χ0) is 11.0. The molecule has 3 fully saturated rings. The Hall–Kier alpha value is -0.120. The summed E-state index contributed by atoms with van der Waals surface area (Å²) in [7, 11) is 1.88. The van der Waals surface area contributed by atoms with Crippen LogP contribution in [0.5, 0.6) is 0 Å². The van der Waals surface area contributed by atoms with E-state index in [0.717, 1.165) is 12.0 Å². The molecule has 0 spiro atoms. The molecule has 3 rings (SSSR count). The van der Waals surface area contributed by atoms with Crippen LogP contribution in [0.2, 0.25) is 0 Å². The summed E-state index contributed by atoms with van der Waals surface area (Å²) in [5, 5.41) is 3.68. The number of ether oxygens (including phenoxy) is 1. The van der Waals surface area contributed by atoms with Gasteiger partial charge in [-0.2, -0.15) is 0 Å². The number of hydrogen-bond donors (Lipinski definition) is 1. The van der Waals surface area contributed by atoms with Gasteiger partial charge in [-0.05, 0) is 38.0 Å². The third-order valence-electron chi connectivity index (χ3n) is 4.62. The average Bonchev–Trinajstić information content (AvgIpc) is 3.07. The highest BCUT2D eigenvalue weighted by atomic mass is 16.5. The number of rotatable bonds is 3. The molecule has 92 valence electrons. The summed E-state index contributed by atoms with van der Waals surface area (Å²) in [5.74, 6) is 0.977. The molecule has 0 aromatic heterocycles. The fourth-order valence-corrected chi connectivity index (χ4v) is 3.52. The Bertz CT molecular complexity index is 242. The Kier molecular flexibility index (Phi) is 3.18. The van der Waals surface area contributed by atoms with Crippen LogP contribution in [0.4, 0.5) is 0 Å². The molecule has 3 heteroatoms. The largest absolute Gasteiger partial charge is 0.380 e. The summed E-state index contributed by atoms with van der Waals surface area (Å²) in [4.78, 5) is 2.70. The Balaban J connectivity index is 1.60. The number of nitrogens with zero attached hydrogens (tertiary/aromatic N) is 1. The van der Waals surface area contributed by atoms with Crippen LogP contribution in [-0.4, -0.2) is 49.8 Å². The monoisotopic (exact) mass is 224 g/mol. The molecule has 1 heterocycles. The minimum atomic E-state index is 0.498. The van der Waals surface area contributed by atoms with E-state index in [1.165, 1.54) is 51.7 Å². The molecule has 0 aromatic rings. The van der Waals surface area contributed by atoms with Crippen molar-refractivity contribution in [1.29, 1.82) is 0 Å². The molecule has 3 atom stereocenters. The quantitative estimate of drug-likeness (QED) is 0.780. The van der Waals surface area contributed by atoms with Gasteiger partial charge in [0.1, 0.15) is 0 Å². The van der Waals surface area contributed by atoms with Gasteiger partial charge >= 0.3 is 0 Å². The first-order chi connectivity index (χ1) is 7.88. The smallest absolute Gasteiger partial charge is 0.0726 e. The molecule has 0 amide bonds. The van der Waals surface area contributed by atoms with Crippen molar-refractivity contribution >= 4 is 0 Å². The molecule has 3 unspecified atom stereocenters. The standard InChI is InChI=1S/C13H24N2O/c1-16-13-4-2-3-12(13)15-8-7-14-11(9-15)10-5-6-10/h10-14H,2-9H2,1H3. The van der Waals surface area contributed by atoms with E-state index in [0.29, 0.717) is 12.1 Å². The Morgan fingerprint density at radius 3 is 2.81 bits per heavy atom. The zero-order valence-corrected chi connectivity index (χ0v) is 10.3. The van der Waals surface area contributed by atoms with Crippen LogP contribution >= 0.6 is 0 Å². The van der Waals surface area contributed by atoms with Crippen molar-refractivity contribution in [3.63, 3.8) is 0 Å². The second kappa shape index (κ2) is 4.63. The predicted octanol–water partition coefficient (Wildman–Crippen LogP) is 1.24. The summed E-state index contributed by atoms with van der Waals surface area (Å²) < 4.78 is 5.63. The second-order valence-corrected chi connectivity index (χ2v) is 5.67. The molecule has 0 radical (unpaired) electrons. The topological polar surface area (TPSA) is 24.5 Å². The summed E-state index contributed by atoms with van der Waals surface area (Å²) in [6.45, 7) is 3.65. The van der Waals surface area contributed by atoms with Crippen LogP contribution in [0.25, 0.3) is 0 Å². The van der Waals surface area contributed by atoms with Gasteiger partial charge in [-0.3, -0.25) is 4.90 Å². The molecule has 2 aliphatic carbocycles. The molecule has 3 aliphatic rings. The highest BCUT2D eigenvalue weighted by molar-refractivity contribution is 4.95. The molecule has 0 bridgehead atoms. The maximum Gasteiger partial charge on any atom is 0.0726 e. The highest BCUT2D eigenvalue weighted by Crippen LogP contribution is 2.35. The van der Waals surface area contributed by atoms with Gasteiger partial charge in [-0.25, -0.2) is 0 Å². The van der Waals surface area contributed by atoms with Crippen LogP contribution in [0.15, 0.2) is 0 Å². The van der Waals surface area contributed by atoms with E-state index in [1.54, 1.807) is 0 Å². The molecule has 16 heavy (non-hydrogen) atoms. The maximum absolute atomic E-state index is 5.63. The van der Waals surface area contributed by atoms with Crippen molar-refractivity contribution in [3.05, 3.63) is 0 Å². The molecule has 0 aromatic carbocycles. The Labute approximate surface area is 98.5 Å². The molecular weight excluding hydrogens is 200 g/mol. The lowest BCUT2D eigenvalue weighted by Crippen LogP contribution is -2.56. The van der Waals surface area contributed by atoms with Gasteiger partial charge < -0.3 is 10.1 Å². The maximum atomic E-state index is 5.63. The number of nitrogens with one attached hydrogen (secondary N) is 1. The molecule has 3 nitrogen and oxygen atoms in total. The van der Waals surface area contributed by atoms with Gasteiger partial charge in [0.15, 0.2) is 0 Å². The second-order valence-electron chi connectivity index (χ2n) is 5.67. The van der Waals surface area contributed by atoms with Crippen LogP contribution in [-0.2, 0) is 4.74 Å². The van der Waals surface area contributed by atoms with Gasteiger partial charge in [0.05, 0.1) is 6.10 Å². The SMILES string of the molecule is COC1CCCC1N1CCNC(C2CC2)C1. The third kappa shape index (κ3) is 2.13. The molecule has 1 N–H and O–H groups in total. The fraction of sp³-hybridized carbons (Fsp3) is 1.00. The van der Waals surface area contributed by atoms with Crippen LogP contribution < -0.4 is 5.32 Å². The summed E-state index contributed by atoms with van der Waals surface area (Å²) in [6.07, 6.45) is 7.35. The van der Waals surface area contributed by atoms with E-state index in [9.17, 15) is 0 Å². The van der Waals surface area contributed by atoms with E-state index in [-0.39, 0.29) is 0 Å². The predicted molar refractivity (Wildman–Crippen MR) is 64.5 cm³/mol. The lowest BCUT2D eigenvalue weighted by molar-refractivity contribution is 0.0195. The Morgan fingerprint density at radius 2 is 2.06 bits per heavy atom. The van der Waals surface area contributed by atoms with Crippen LogP contribution in [0, 0.1) is 5.92 Å². The number of methoxy groups -OCH3 is 1. The van der Waals surface area contributed by atoms with Crippen molar-refractivity contribution in [2.24, 2.45) is 5.92 Å². The van der Waals surface area contributed by atoms with Gasteiger partial charge in [-0.1, -0.05) is 0 Å². The number of piperazine rings is 1. The van der Waals surface area contributed by atoms with Gasteiger partial charge in [0, 0.05) is 38.8 Å². The minimum Gasteiger partial charge on any atom is -0.380 e. The first kappa shape index (κ1) is 11.0. The lowest BCUT2D eigenvalue weighted by Gasteiger charge is -2.39. The highest BCUT2D eigenvalue weighted by Gasteiger charge is 2.38. The summed E-state index contributed by atoms with van der Waals surface area (Å²) in [6, 6.07) is 1.47. The zero-order valence-electron chi connectivity index (χ0n) is 10.3. The fourth-order valence-electron chi connectivity index (χ4n) is 3.52. The Morgan fingerprint density at radius 1 is 1.19 bits per heavy atom. The lowest BCUT2D eigenvalue weighted by atomic mass is 10.1. The minimum absolute atomic E-state index is 0.498. The molecule has 2 saturated carbocycles. The van der Waals surface area contributed by atoms with E-state index in [2.05, 4.69) is 10.2 Å². The number of hydrogen-bond acceptors (Lipinski definition) is 3. The van der Waals surface area contributed by atoms with Crippen molar-refractivity contribution in [2.75, 3.05) is 26.7 Å². The molecular formula is C13H24N2O. The van der Waals surface area contributed by atoms with Crippen molar-refractivity contribution < 1.29 is 4.74 Å². The van der Waals surface area contributed by atoms with Crippen molar-refractivity contribution in [3.8, 4) is 0 Å². The van der Waals surface area contributed by atoms with Gasteiger partial charge in [-0.15, -0.1) is 0 Å². The van der Waals surface area contributed by atoms with Crippen molar-refractivity contribution in [2.45, 2.75) is 50.3 Å². The van der Waals surface area contributed by atoms with Crippen LogP contribution in [0.3, 0.4) is 0 Å². The van der Waals surface area contributed by atoms with Crippen LogP contribution in [0.1, 0.15) is 32.1 Å². The van der Waals surface area contributed by atoms with Gasteiger partial charge in [0.2, 0.25) is 0 Å². The van der Waals surface area contributed by atoms with E-state index >= 15 is 0 Å². The van der Waals surface area contributed by atoms with Crippen molar-refractivity contribution in [1.82, 2.24) is 10.2 Å². The normalized spacial score (nSPS) is 41.4. The molecule has 1 aliphatic heterocycles. The first-order valence-electron chi connectivity index (χ1n) is 6.88. The van der Waals surface area contributed by atoms with E-state index < -0.39 is 0 Å². The van der Waals surface area contributed by atoms with Gasteiger partial charge in [0.25, 0.3) is 0 Å².